The van der Waals surface area contributed by atoms with E-state index in [-0.39, 0.29) is 53.3 Å². The summed E-state index contributed by atoms with van der Waals surface area (Å²) in [5, 5.41) is 20.4. The average molecular weight is 798 g/mol. The van der Waals surface area contributed by atoms with Gasteiger partial charge in [-0.15, -0.1) is 0 Å². The third kappa shape index (κ3) is 13.7. The van der Waals surface area contributed by atoms with Gasteiger partial charge < -0.3 is 20.5 Å². The van der Waals surface area contributed by atoms with E-state index in [4.69, 9.17) is 14.1 Å². The largest absolute Gasteiger partial charge is 0.460 e. The van der Waals surface area contributed by atoms with Crippen LogP contribution in [0.15, 0.2) is 76.5 Å². The van der Waals surface area contributed by atoms with Crippen LogP contribution in [0, 0.1) is 0 Å². The smallest absolute Gasteiger partial charge is 0.416 e. The molecule has 0 atom stereocenters. The number of amides is 2. The Bertz CT molecular complexity index is 1960. The second-order valence-electron chi connectivity index (χ2n) is 11.1. The van der Waals surface area contributed by atoms with Crippen LogP contribution in [0.2, 0.25) is 0 Å². The molecular formula is C32H35F6N4O9S2+. The second kappa shape index (κ2) is 18.5. The van der Waals surface area contributed by atoms with E-state index in [1.54, 1.807) is 0 Å². The molecule has 290 valence electrons. The van der Waals surface area contributed by atoms with Crippen molar-refractivity contribution in [2.75, 3.05) is 39.5 Å². The summed E-state index contributed by atoms with van der Waals surface area (Å²) in [5.74, 6) is -1.91. The summed E-state index contributed by atoms with van der Waals surface area (Å²) in [4.78, 5) is 26.6. The third-order valence-electron chi connectivity index (χ3n) is 7.12. The van der Waals surface area contributed by atoms with Crippen LogP contribution >= 0.6 is 0 Å². The van der Waals surface area contributed by atoms with Crippen molar-refractivity contribution in [3.8, 4) is 0 Å². The highest BCUT2D eigenvalue weighted by atomic mass is 32.2. The van der Waals surface area contributed by atoms with Crippen molar-refractivity contribution in [1.82, 2.24) is 10.6 Å². The highest BCUT2D eigenvalue weighted by Crippen LogP contribution is 2.36. The molecule has 0 unspecified atom stereocenters. The minimum absolute atomic E-state index is 0.0388. The molecule has 0 bridgehead atoms. The number of carbonyl (C=O) groups excluding carboxylic acids is 2. The number of alkyl halides is 6. The van der Waals surface area contributed by atoms with E-state index in [0.717, 1.165) is 6.07 Å². The minimum atomic E-state index is -5.10. The van der Waals surface area contributed by atoms with Gasteiger partial charge in [-0.25, -0.2) is 18.5 Å². The summed E-state index contributed by atoms with van der Waals surface area (Å²) in [5.41, 5.74) is -3.68. The van der Waals surface area contributed by atoms with Gasteiger partial charge in [0.25, 0.3) is 21.9 Å². The van der Waals surface area contributed by atoms with Crippen LogP contribution in [0.5, 0.6) is 0 Å². The molecule has 0 aliphatic heterocycles. The Morgan fingerprint density at radius 1 is 0.698 bits per heavy atom. The summed E-state index contributed by atoms with van der Waals surface area (Å²) in [6.07, 6.45) is -8.44. The van der Waals surface area contributed by atoms with E-state index in [1.165, 1.54) is 42.5 Å². The molecule has 3 rings (SSSR count). The zero-order valence-corrected chi connectivity index (χ0v) is 29.2. The number of sulfonamides is 1. The summed E-state index contributed by atoms with van der Waals surface area (Å²) in [7, 11) is -8.21. The number of primary sulfonamides is 1. The first-order valence-electron chi connectivity index (χ1n) is 15.5. The third-order valence-corrected chi connectivity index (χ3v) is 9.36. The van der Waals surface area contributed by atoms with Crippen LogP contribution in [0.4, 0.5) is 26.3 Å². The van der Waals surface area contributed by atoms with E-state index in [9.17, 15) is 57.9 Å². The van der Waals surface area contributed by atoms with Gasteiger partial charge in [-0.3, -0.25) is 13.8 Å². The summed E-state index contributed by atoms with van der Waals surface area (Å²) in [6, 6.07) is 10.8. The molecule has 13 nitrogen and oxygen atoms in total. The number of halogens is 6. The highest BCUT2D eigenvalue weighted by molar-refractivity contribution is 7.89. The number of hydrogen-bond donors (Lipinski definition) is 5. The van der Waals surface area contributed by atoms with E-state index in [0.29, 0.717) is 37.9 Å². The van der Waals surface area contributed by atoms with Crippen molar-refractivity contribution in [2.45, 2.75) is 41.4 Å². The lowest BCUT2D eigenvalue weighted by molar-refractivity contribution is -0.469. The molecule has 0 aliphatic rings. The molecule has 21 heteroatoms. The van der Waals surface area contributed by atoms with Crippen molar-refractivity contribution in [2.24, 2.45) is 5.14 Å². The zero-order valence-electron chi connectivity index (χ0n) is 27.6. The minimum Gasteiger partial charge on any atom is -0.460 e. The maximum Gasteiger partial charge on any atom is 0.416 e. The first-order valence-corrected chi connectivity index (χ1v) is 18.5. The SMILES string of the molecule is NS(=O)(=O)c1ccc(C(=O)NCCCCCNC(=O)c2cccc(S(=O)(=O)OCCOCC[NH+]=C(O)c3cc(C(F)(F)F)cc(C(F)(F)F)c3)c2)cc1. The first kappa shape index (κ1) is 42.8. The van der Waals surface area contributed by atoms with Crippen LogP contribution in [0.3, 0.4) is 0 Å². The maximum atomic E-state index is 13.0. The van der Waals surface area contributed by atoms with E-state index < -0.39 is 73.5 Å². The van der Waals surface area contributed by atoms with Gasteiger partial charge >= 0.3 is 18.3 Å². The molecule has 3 aromatic carbocycles. The van der Waals surface area contributed by atoms with Gasteiger partial charge in [0, 0.05) is 24.2 Å². The zero-order chi connectivity index (χ0) is 39.5. The summed E-state index contributed by atoms with van der Waals surface area (Å²) < 4.78 is 136. The highest BCUT2D eigenvalue weighted by Gasteiger charge is 2.37. The van der Waals surface area contributed by atoms with Crippen molar-refractivity contribution in [1.29, 1.82) is 0 Å². The molecule has 0 heterocycles. The normalized spacial score (nSPS) is 12.8. The molecule has 2 amide bonds. The van der Waals surface area contributed by atoms with Crippen molar-refractivity contribution >= 4 is 37.9 Å². The van der Waals surface area contributed by atoms with Crippen molar-refractivity contribution in [3.05, 3.63) is 94.5 Å². The predicted molar refractivity (Wildman–Crippen MR) is 176 cm³/mol. The Morgan fingerprint density at radius 2 is 1.26 bits per heavy atom. The fourth-order valence-electron chi connectivity index (χ4n) is 4.43. The molecule has 3 aromatic rings. The number of aliphatic hydroxyl groups is 1. The number of aliphatic hydroxyl groups excluding tert-OH is 1. The number of nitrogens with two attached hydrogens (primary N) is 1. The van der Waals surface area contributed by atoms with E-state index in [2.05, 4.69) is 15.6 Å². The lowest BCUT2D eigenvalue weighted by atomic mass is 10.0. The monoisotopic (exact) mass is 797 g/mol. The second-order valence-corrected chi connectivity index (χ2v) is 14.3. The van der Waals surface area contributed by atoms with Crippen molar-refractivity contribution in [3.63, 3.8) is 0 Å². The average Bonchev–Trinajstić information content (AvgIpc) is 3.09. The van der Waals surface area contributed by atoms with Crippen LogP contribution < -0.4 is 20.8 Å². The molecule has 0 saturated heterocycles. The first-order chi connectivity index (χ1) is 24.7. The molecule has 53 heavy (non-hydrogen) atoms. The lowest BCUT2D eigenvalue weighted by Gasteiger charge is -2.12. The standard InChI is InChI=1S/C32H34F6N4O9S2/c33-31(34,35)24-17-23(18-25(20-24)32(36,37)38)30(45)42-13-14-50-15-16-51-53(48,49)27-6-4-5-22(19-27)29(44)41-12-3-1-2-11-40-28(43)21-7-9-26(10-8-21)52(39,46)47/h4-10,17-20H,1-3,11-16H2,(H,40,43)(H,41,44)(H,42,45)(H2,39,46,47)/p+1. The number of rotatable bonds is 18. The molecule has 0 fully saturated rings. The van der Waals surface area contributed by atoms with Gasteiger partial charge in [-0.2, -0.15) is 34.8 Å². The van der Waals surface area contributed by atoms with Crippen LogP contribution in [0.1, 0.15) is 56.7 Å². The Kier molecular flexibility index (Phi) is 14.9. The number of nitrogens with one attached hydrogen (secondary N) is 3. The quantitative estimate of drug-likeness (QED) is 0.0421. The molecule has 0 saturated carbocycles. The van der Waals surface area contributed by atoms with Gasteiger partial charge in [0.1, 0.15) is 6.61 Å². The van der Waals surface area contributed by atoms with Crippen LogP contribution in [-0.2, 0) is 41.4 Å². The summed E-state index contributed by atoms with van der Waals surface area (Å²) >= 11 is 0. The lowest BCUT2D eigenvalue weighted by Crippen LogP contribution is -2.74. The van der Waals surface area contributed by atoms with Gasteiger partial charge in [-0.1, -0.05) is 6.07 Å². The summed E-state index contributed by atoms with van der Waals surface area (Å²) in [6.45, 7) is -0.726. The number of carbonyl (C=O) groups is 2. The Labute approximate surface area is 300 Å². The maximum absolute atomic E-state index is 13.0. The number of benzene rings is 3. The number of ether oxygens (including phenoxy) is 1. The topological polar surface area (TPSA) is 205 Å². The van der Waals surface area contributed by atoms with Gasteiger partial charge in [0.05, 0.1) is 39.7 Å². The number of hydrogen-bond acceptors (Lipinski definition) is 8. The Hall–Kier alpha value is -4.57. The van der Waals surface area contributed by atoms with Crippen LogP contribution in [-0.4, -0.2) is 79.1 Å². The predicted octanol–water partition coefficient (Wildman–Crippen LogP) is 2.51. The molecular weight excluding hydrogens is 762 g/mol. The molecule has 0 aromatic heterocycles. The fourth-order valence-corrected chi connectivity index (χ4v) is 5.89. The molecule has 6 N–H and O–H groups in total. The number of unbranched alkanes of at least 4 members (excludes halogenated alkanes) is 2. The molecule has 0 radical (unpaired) electrons. The van der Waals surface area contributed by atoms with Gasteiger partial charge in [0.2, 0.25) is 10.0 Å². The molecule has 0 spiro atoms. The molecule has 0 aliphatic carbocycles. The van der Waals surface area contributed by atoms with Crippen molar-refractivity contribution < 1.29 is 71.8 Å². The Morgan fingerprint density at radius 3 is 1.81 bits per heavy atom. The van der Waals surface area contributed by atoms with Gasteiger partial charge in [0.15, 0.2) is 6.54 Å². The Balaban J connectivity index is 1.37. The van der Waals surface area contributed by atoms with Crippen LogP contribution in [0.25, 0.3) is 0 Å². The van der Waals surface area contributed by atoms with E-state index in [1.807, 2.05) is 0 Å². The van der Waals surface area contributed by atoms with E-state index >= 15 is 0 Å². The fraction of sp³-hybridized carbons (Fsp3) is 0.344. The van der Waals surface area contributed by atoms with Gasteiger partial charge in [-0.05, 0) is 79.9 Å².